The number of carbonyl (C=O) groups excluding carboxylic acids is 1. The zero-order valence-electron chi connectivity index (χ0n) is 30.7. The average molecular weight is 727 g/mol. The normalized spacial score (nSPS) is 14.5. The summed E-state index contributed by atoms with van der Waals surface area (Å²) in [4.78, 5) is 32.6. The first-order valence-corrected chi connectivity index (χ1v) is 18.9. The lowest BCUT2D eigenvalue weighted by Gasteiger charge is -2.33. The van der Waals surface area contributed by atoms with Gasteiger partial charge in [-0.3, -0.25) is 9.78 Å². The second kappa shape index (κ2) is 13.9. The molecule has 2 aromatic carbocycles. The molecule has 5 aromatic rings. The fourth-order valence-corrected chi connectivity index (χ4v) is 7.78. The van der Waals surface area contributed by atoms with Gasteiger partial charge in [0.25, 0.3) is 15.6 Å². The van der Waals surface area contributed by atoms with Crippen molar-refractivity contribution < 1.29 is 27.8 Å². The third kappa shape index (κ3) is 7.78. The Morgan fingerprint density at radius 3 is 2.27 bits per heavy atom. The maximum atomic E-state index is 13.8. The lowest BCUT2D eigenvalue weighted by atomic mass is 9.92. The van der Waals surface area contributed by atoms with Crippen LogP contribution in [0.25, 0.3) is 22.0 Å². The summed E-state index contributed by atoms with van der Waals surface area (Å²) in [7, 11) is -2.52. The van der Waals surface area contributed by atoms with E-state index in [4.69, 9.17) is 9.47 Å². The molecule has 1 N–H and O–H groups in total. The number of aromatic nitrogens is 3. The molecule has 0 unspecified atom stereocenters. The van der Waals surface area contributed by atoms with Crippen LogP contribution in [0.15, 0.2) is 88.9 Å². The molecule has 11 nitrogen and oxygen atoms in total. The molecule has 0 radical (unpaired) electrons. The van der Waals surface area contributed by atoms with E-state index in [0.29, 0.717) is 52.6 Å². The predicted molar refractivity (Wildman–Crippen MR) is 200 cm³/mol. The average Bonchev–Trinajstić information content (AvgIpc) is 3.54. The van der Waals surface area contributed by atoms with Gasteiger partial charge in [-0.25, -0.2) is 17.2 Å². The van der Waals surface area contributed by atoms with Crippen LogP contribution in [0, 0.1) is 12.8 Å². The number of likely N-dealkylation sites (tertiary alicyclic amines) is 1. The lowest BCUT2D eigenvalue weighted by Crippen LogP contribution is -2.42. The van der Waals surface area contributed by atoms with Crippen LogP contribution in [0.2, 0.25) is 0 Å². The van der Waals surface area contributed by atoms with Crippen LogP contribution in [0.4, 0.5) is 4.79 Å². The number of benzene rings is 2. The molecular weight excluding hydrogens is 681 g/mol. The van der Waals surface area contributed by atoms with E-state index in [9.17, 15) is 23.1 Å². The Labute approximate surface area is 304 Å². The number of fused-ring (bicyclic) bond motifs is 1. The summed E-state index contributed by atoms with van der Waals surface area (Å²) in [5, 5.41) is 11.4. The third-order valence-corrected chi connectivity index (χ3v) is 11.0. The maximum Gasteiger partial charge on any atom is 0.410 e. The molecule has 274 valence electrons. The van der Waals surface area contributed by atoms with Crippen LogP contribution >= 0.6 is 0 Å². The van der Waals surface area contributed by atoms with Gasteiger partial charge in [-0.2, -0.15) is 0 Å². The zero-order chi connectivity index (χ0) is 37.6. The molecule has 1 aliphatic heterocycles. The zero-order valence-corrected chi connectivity index (χ0v) is 31.5. The maximum absolute atomic E-state index is 13.8. The molecule has 0 spiro atoms. The molecule has 0 atom stereocenters. The minimum absolute atomic E-state index is 0.00290. The number of nitrogens with zero attached hydrogens (tertiary/aromatic N) is 4. The van der Waals surface area contributed by atoms with Gasteiger partial charge in [0.1, 0.15) is 22.6 Å². The number of hydrogen-bond acceptors (Lipinski definition) is 8. The molecule has 12 heteroatoms. The van der Waals surface area contributed by atoms with E-state index in [0.717, 1.165) is 34.5 Å². The first-order chi connectivity index (χ1) is 24.4. The molecule has 6 rings (SSSR count). The number of ether oxygens (including phenoxy) is 2. The summed E-state index contributed by atoms with van der Waals surface area (Å²) < 4.78 is 41.9. The van der Waals surface area contributed by atoms with Crippen molar-refractivity contribution in [3.05, 3.63) is 106 Å². The molecule has 1 amide bonds. The van der Waals surface area contributed by atoms with Crippen LogP contribution in [0.5, 0.6) is 11.5 Å². The van der Waals surface area contributed by atoms with E-state index in [1.165, 1.54) is 22.9 Å². The van der Waals surface area contributed by atoms with Gasteiger partial charge in [-0.05, 0) is 115 Å². The smallest absolute Gasteiger partial charge is 0.410 e. The van der Waals surface area contributed by atoms with E-state index in [2.05, 4.69) is 4.98 Å². The van der Waals surface area contributed by atoms with E-state index >= 15 is 0 Å². The van der Waals surface area contributed by atoms with Gasteiger partial charge in [0, 0.05) is 54.7 Å². The van der Waals surface area contributed by atoms with Gasteiger partial charge in [0.05, 0.1) is 16.7 Å². The van der Waals surface area contributed by atoms with E-state index in [1.807, 2.05) is 39.8 Å². The molecule has 0 aliphatic carbocycles. The first kappa shape index (κ1) is 36.8. The minimum Gasteiger partial charge on any atom is -0.455 e. The molecule has 1 saturated heterocycles. The second-order valence-corrected chi connectivity index (χ2v) is 16.9. The Balaban J connectivity index is 1.29. The van der Waals surface area contributed by atoms with Gasteiger partial charge in [0.2, 0.25) is 0 Å². The van der Waals surface area contributed by atoms with Crippen LogP contribution < -0.4 is 10.3 Å². The SMILES string of the molecule is Cc1ccc(S(=O)(=O)n2ccc3c(-c4cc(C(C)(C)O)ccc4Oc4ccc(CC5CCN(C(=O)OC(C)(C)C)CC5)nc4)cn(C)c(=O)c32)cc1. The van der Waals surface area contributed by atoms with Crippen LogP contribution in [-0.4, -0.2) is 56.7 Å². The van der Waals surface area contributed by atoms with Crippen molar-refractivity contribution in [2.24, 2.45) is 13.0 Å². The first-order valence-electron chi connectivity index (χ1n) is 17.4. The summed E-state index contributed by atoms with van der Waals surface area (Å²) in [5.74, 6) is 1.31. The fraction of sp³-hybridized carbons (Fsp3) is 0.375. The van der Waals surface area contributed by atoms with Crippen molar-refractivity contribution in [2.45, 2.75) is 76.9 Å². The Morgan fingerprint density at radius 1 is 0.962 bits per heavy atom. The number of aryl methyl sites for hydroxylation is 2. The number of aliphatic hydroxyl groups is 1. The van der Waals surface area contributed by atoms with Gasteiger partial charge in [0.15, 0.2) is 0 Å². The number of carbonyl (C=O) groups is 1. The molecule has 1 aliphatic rings. The molecular formula is C40H46N4O7S. The predicted octanol–water partition coefficient (Wildman–Crippen LogP) is 7.16. The van der Waals surface area contributed by atoms with Crippen LogP contribution in [0.1, 0.15) is 64.3 Å². The van der Waals surface area contributed by atoms with Crippen molar-refractivity contribution in [3.8, 4) is 22.6 Å². The highest BCUT2D eigenvalue weighted by Crippen LogP contribution is 2.40. The molecule has 4 heterocycles. The Bertz CT molecular complexity index is 2270. The highest BCUT2D eigenvalue weighted by Gasteiger charge is 2.28. The van der Waals surface area contributed by atoms with Crippen LogP contribution in [0.3, 0.4) is 0 Å². The number of hydrogen-bond donors (Lipinski definition) is 1. The molecule has 52 heavy (non-hydrogen) atoms. The Morgan fingerprint density at radius 2 is 1.65 bits per heavy atom. The highest BCUT2D eigenvalue weighted by molar-refractivity contribution is 7.90. The standard InChI is InChI=1S/C40H46N4O7S/c1-26-8-13-31(14-9-26)52(48,49)44-21-18-32-34(25-42(7)37(45)36(32)44)33-23-28(40(5,6)47)10-15-35(33)50-30-12-11-29(41-24-30)22-27-16-19-43(20-17-27)38(46)51-39(2,3)4/h8-15,18,21,23-25,27,47H,16-17,19-20,22H2,1-7H3. The lowest BCUT2D eigenvalue weighted by molar-refractivity contribution is 0.0184. The third-order valence-electron chi connectivity index (χ3n) is 9.33. The minimum atomic E-state index is -4.09. The van der Waals surface area contributed by atoms with Crippen molar-refractivity contribution >= 4 is 27.0 Å². The molecule has 3 aromatic heterocycles. The van der Waals surface area contributed by atoms with E-state index < -0.39 is 26.8 Å². The highest BCUT2D eigenvalue weighted by atomic mass is 32.2. The quantitative estimate of drug-likeness (QED) is 0.178. The summed E-state index contributed by atoms with van der Waals surface area (Å²) in [6.45, 7) is 12.1. The van der Waals surface area contributed by atoms with E-state index in [1.54, 1.807) is 74.6 Å². The van der Waals surface area contributed by atoms with Crippen molar-refractivity contribution in [1.29, 1.82) is 0 Å². The second-order valence-electron chi connectivity index (χ2n) is 15.1. The van der Waals surface area contributed by atoms with Gasteiger partial charge < -0.3 is 24.0 Å². The monoisotopic (exact) mass is 726 g/mol. The van der Waals surface area contributed by atoms with Gasteiger partial charge >= 0.3 is 6.09 Å². The van der Waals surface area contributed by atoms with Crippen LogP contribution in [-0.2, 0) is 33.8 Å². The number of pyridine rings is 2. The number of rotatable bonds is 8. The van der Waals surface area contributed by atoms with Crippen molar-refractivity contribution in [1.82, 2.24) is 18.4 Å². The van der Waals surface area contributed by atoms with Gasteiger partial charge in [-0.15, -0.1) is 0 Å². The topological polar surface area (TPSA) is 133 Å². The van der Waals surface area contributed by atoms with Crippen molar-refractivity contribution in [3.63, 3.8) is 0 Å². The molecule has 1 fully saturated rings. The number of piperidine rings is 1. The summed E-state index contributed by atoms with van der Waals surface area (Å²) in [6, 6.07) is 17.2. The molecule has 0 bridgehead atoms. The fourth-order valence-electron chi connectivity index (χ4n) is 6.44. The van der Waals surface area contributed by atoms with E-state index in [-0.39, 0.29) is 16.5 Å². The Kier molecular flexibility index (Phi) is 9.84. The summed E-state index contributed by atoms with van der Waals surface area (Å²) in [6.07, 6.45) is 6.93. The van der Waals surface area contributed by atoms with Crippen molar-refractivity contribution in [2.75, 3.05) is 13.1 Å². The summed E-state index contributed by atoms with van der Waals surface area (Å²) >= 11 is 0. The van der Waals surface area contributed by atoms with Gasteiger partial charge in [-0.1, -0.05) is 23.8 Å². The largest absolute Gasteiger partial charge is 0.455 e. The Hall–Kier alpha value is -4.94. The summed E-state index contributed by atoms with van der Waals surface area (Å²) in [5.41, 5.74) is 1.36. The molecule has 0 saturated carbocycles. The number of amides is 1.